The molecule has 1 aliphatic carbocycles. The molecule has 1 aromatic heterocycles. The lowest BCUT2D eigenvalue weighted by molar-refractivity contribution is 0.160. The summed E-state index contributed by atoms with van der Waals surface area (Å²) in [6, 6.07) is 20.0. The number of carbonyl (C=O) groups is 1. The van der Waals surface area contributed by atoms with Crippen molar-refractivity contribution < 1.29 is 9.53 Å². The maximum Gasteiger partial charge on any atom is 0.317 e. The number of anilines is 1. The van der Waals surface area contributed by atoms with Crippen LogP contribution in [0.25, 0.3) is 5.69 Å². The van der Waals surface area contributed by atoms with Gasteiger partial charge in [0.15, 0.2) is 0 Å². The summed E-state index contributed by atoms with van der Waals surface area (Å²) in [6.07, 6.45) is 4.27. The fourth-order valence-electron chi connectivity index (χ4n) is 4.65. The molecule has 1 aliphatic heterocycles. The van der Waals surface area contributed by atoms with Gasteiger partial charge in [-0.05, 0) is 55.8 Å². The molecular formula is C26H33N5O2. The van der Waals surface area contributed by atoms with E-state index in [-0.39, 0.29) is 0 Å². The van der Waals surface area contributed by atoms with Crippen molar-refractivity contribution in [2.45, 2.75) is 31.6 Å². The van der Waals surface area contributed by atoms with E-state index in [1.54, 1.807) is 11.8 Å². The molecule has 174 valence electrons. The van der Waals surface area contributed by atoms with Crippen LogP contribution in [0.2, 0.25) is 0 Å². The van der Waals surface area contributed by atoms with Crippen LogP contribution in [0.3, 0.4) is 0 Å². The highest BCUT2D eigenvalue weighted by Gasteiger charge is 2.24. The third-order valence-corrected chi connectivity index (χ3v) is 6.30. The van der Waals surface area contributed by atoms with Gasteiger partial charge in [0.2, 0.25) is 0 Å². The van der Waals surface area contributed by atoms with Gasteiger partial charge in [0.05, 0.1) is 18.0 Å². The van der Waals surface area contributed by atoms with Crippen LogP contribution >= 0.6 is 0 Å². The topological polar surface area (TPSA) is 85.4 Å². The van der Waals surface area contributed by atoms with Crippen molar-refractivity contribution in [2.24, 2.45) is 5.73 Å². The Kier molecular flexibility index (Phi) is 7.75. The van der Waals surface area contributed by atoms with E-state index in [0.29, 0.717) is 5.82 Å². The number of nitrogens with one attached hydrogen (secondary N) is 1. The highest BCUT2D eigenvalue weighted by Crippen LogP contribution is 2.30. The number of aryl methyl sites for hydroxylation is 1. The number of amides is 2. The summed E-state index contributed by atoms with van der Waals surface area (Å²) in [5, 5.41) is 7.25. The normalized spacial score (nSPS) is 17.3. The molecule has 5 rings (SSSR count). The number of aromatic nitrogens is 2. The SMILES string of the molecule is COCCN1CCC(c2ccccc2)C1.NC(=O)Nc1c2c(nn1-c1ccccc1)CCC2. The van der Waals surface area contributed by atoms with Crippen molar-refractivity contribution in [2.75, 3.05) is 38.7 Å². The molecule has 0 spiro atoms. The Morgan fingerprint density at radius 2 is 1.85 bits per heavy atom. The first-order chi connectivity index (χ1) is 16.2. The molecule has 3 aromatic rings. The van der Waals surface area contributed by atoms with Crippen molar-refractivity contribution >= 4 is 11.8 Å². The van der Waals surface area contributed by atoms with Gasteiger partial charge >= 0.3 is 6.03 Å². The number of ether oxygens (including phenoxy) is 1. The van der Waals surface area contributed by atoms with Gasteiger partial charge in [-0.1, -0.05) is 48.5 Å². The molecule has 0 radical (unpaired) electrons. The molecule has 7 heteroatoms. The Morgan fingerprint density at radius 1 is 1.12 bits per heavy atom. The monoisotopic (exact) mass is 447 g/mol. The van der Waals surface area contributed by atoms with Crippen molar-refractivity contribution in [3.8, 4) is 5.69 Å². The molecular weight excluding hydrogens is 414 g/mol. The van der Waals surface area contributed by atoms with Gasteiger partial charge in [-0.3, -0.25) is 5.32 Å². The molecule has 7 nitrogen and oxygen atoms in total. The minimum absolute atomic E-state index is 0.554. The first kappa shape index (κ1) is 23.0. The Labute approximate surface area is 195 Å². The number of fused-ring (bicyclic) bond motifs is 1. The number of hydrogen-bond donors (Lipinski definition) is 2. The molecule has 33 heavy (non-hydrogen) atoms. The van der Waals surface area contributed by atoms with E-state index in [2.05, 4.69) is 45.6 Å². The van der Waals surface area contributed by atoms with Crippen molar-refractivity contribution in [1.82, 2.24) is 14.7 Å². The summed E-state index contributed by atoms with van der Waals surface area (Å²) in [5.74, 6) is 1.43. The first-order valence-corrected chi connectivity index (χ1v) is 11.6. The second-order valence-corrected chi connectivity index (χ2v) is 8.55. The first-order valence-electron chi connectivity index (χ1n) is 11.6. The average Bonchev–Trinajstić information content (AvgIpc) is 3.57. The van der Waals surface area contributed by atoms with Gasteiger partial charge < -0.3 is 15.4 Å². The minimum atomic E-state index is -0.554. The Bertz CT molecular complexity index is 1040. The number of para-hydroxylation sites is 1. The van der Waals surface area contributed by atoms with Crippen LogP contribution in [0.15, 0.2) is 60.7 Å². The molecule has 2 heterocycles. The van der Waals surface area contributed by atoms with Crippen molar-refractivity contribution in [1.29, 1.82) is 0 Å². The van der Waals surface area contributed by atoms with Gasteiger partial charge in [-0.2, -0.15) is 5.10 Å². The minimum Gasteiger partial charge on any atom is -0.383 e. The van der Waals surface area contributed by atoms with Crippen LogP contribution in [0, 0.1) is 0 Å². The number of urea groups is 1. The molecule has 2 aliphatic rings. The van der Waals surface area contributed by atoms with Gasteiger partial charge in [0.25, 0.3) is 0 Å². The van der Waals surface area contributed by atoms with Gasteiger partial charge in [-0.25, -0.2) is 9.48 Å². The smallest absolute Gasteiger partial charge is 0.317 e. The van der Waals surface area contributed by atoms with Gasteiger partial charge in [0, 0.05) is 25.8 Å². The average molecular weight is 448 g/mol. The van der Waals surface area contributed by atoms with Crippen LogP contribution in [0.1, 0.15) is 35.6 Å². The summed E-state index contributed by atoms with van der Waals surface area (Å²) in [5.41, 5.74) is 9.81. The van der Waals surface area contributed by atoms with E-state index in [1.165, 1.54) is 25.1 Å². The predicted molar refractivity (Wildman–Crippen MR) is 131 cm³/mol. The number of hydrogen-bond acceptors (Lipinski definition) is 4. The lowest BCUT2D eigenvalue weighted by Gasteiger charge is -2.15. The summed E-state index contributed by atoms with van der Waals surface area (Å²) in [4.78, 5) is 13.6. The van der Waals surface area contributed by atoms with E-state index in [0.717, 1.165) is 55.3 Å². The number of carbonyl (C=O) groups excluding carboxylic acids is 1. The maximum atomic E-state index is 11.1. The zero-order chi connectivity index (χ0) is 23.0. The lowest BCUT2D eigenvalue weighted by atomic mass is 9.99. The molecule has 0 bridgehead atoms. The maximum absolute atomic E-state index is 11.1. The highest BCUT2D eigenvalue weighted by atomic mass is 16.5. The fourth-order valence-corrected chi connectivity index (χ4v) is 4.65. The molecule has 1 saturated heterocycles. The zero-order valence-electron chi connectivity index (χ0n) is 19.2. The summed E-state index contributed by atoms with van der Waals surface area (Å²) in [6.45, 7) is 4.32. The lowest BCUT2D eigenvalue weighted by Crippen LogP contribution is -2.24. The Morgan fingerprint density at radius 3 is 2.55 bits per heavy atom. The third kappa shape index (κ3) is 5.80. The Balaban J connectivity index is 0.000000160. The predicted octanol–water partition coefficient (Wildman–Crippen LogP) is 3.97. The van der Waals surface area contributed by atoms with E-state index in [9.17, 15) is 4.79 Å². The fraction of sp³-hybridized carbons (Fsp3) is 0.385. The van der Waals surface area contributed by atoms with E-state index < -0.39 is 6.03 Å². The number of primary amides is 1. The van der Waals surface area contributed by atoms with Crippen LogP contribution in [-0.4, -0.2) is 54.1 Å². The quantitative estimate of drug-likeness (QED) is 0.599. The molecule has 1 atom stereocenters. The number of nitrogens with zero attached hydrogens (tertiary/aromatic N) is 3. The molecule has 2 aromatic carbocycles. The van der Waals surface area contributed by atoms with Crippen LogP contribution in [0.4, 0.5) is 10.6 Å². The molecule has 3 N–H and O–H groups in total. The summed E-state index contributed by atoms with van der Waals surface area (Å²) < 4.78 is 6.86. The number of nitrogens with two attached hydrogens (primary N) is 1. The Hall–Kier alpha value is -3.16. The second kappa shape index (κ2) is 11.1. The molecule has 1 unspecified atom stereocenters. The molecule has 2 amide bonds. The molecule has 0 saturated carbocycles. The number of rotatable bonds is 6. The van der Waals surface area contributed by atoms with Gasteiger partial charge in [-0.15, -0.1) is 0 Å². The molecule has 1 fully saturated rings. The van der Waals surface area contributed by atoms with Gasteiger partial charge in [0.1, 0.15) is 5.82 Å². The number of likely N-dealkylation sites (tertiary alicyclic amines) is 1. The van der Waals surface area contributed by atoms with Crippen LogP contribution in [0.5, 0.6) is 0 Å². The number of benzene rings is 2. The van der Waals surface area contributed by atoms with E-state index >= 15 is 0 Å². The highest BCUT2D eigenvalue weighted by molar-refractivity contribution is 5.88. The van der Waals surface area contributed by atoms with Crippen LogP contribution in [-0.2, 0) is 17.6 Å². The van der Waals surface area contributed by atoms with E-state index in [1.807, 2.05) is 30.3 Å². The van der Waals surface area contributed by atoms with Crippen LogP contribution < -0.4 is 11.1 Å². The number of methoxy groups -OCH3 is 1. The largest absolute Gasteiger partial charge is 0.383 e. The third-order valence-electron chi connectivity index (χ3n) is 6.30. The second-order valence-electron chi connectivity index (χ2n) is 8.55. The van der Waals surface area contributed by atoms with E-state index in [4.69, 9.17) is 10.5 Å². The summed E-state index contributed by atoms with van der Waals surface area (Å²) in [7, 11) is 1.77. The van der Waals surface area contributed by atoms with Crippen molar-refractivity contribution in [3.05, 3.63) is 77.5 Å². The standard InChI is InChI=1S/C13H14N4O.C13H19NO/c14-13(18)15-12-10-7-4-8-11(10)16-17(12)9-5-2-1-3-6-9;1-15-10-9-14-8-7-13(11-14)12-5-3-2-4-6-12/h1-3,5-6H,4,7-8H2,(H3,14,15,18);2-6,13H,7-11H2,1H3. The summed E-state index contributed by atoms with van der Waals surface area (Å²) >= 11 is 0. The van der Waals surface area contributed by atoms with Crippen molar-refractivity contribution in [3.63, 3.8) is 0 Å². The zero-order valence-corrected chi connectivity index (χ0v) is 19.2.